The van der Waals surface area contributed by atoms with Gasteiger partial charge in [-0.1, -0.05) is 12.1 Å². The molecule has 0 bridgehead atoms. The van der Waals surface area contributed by atoms with E-state index >= 15 is 0 Å². The molecule has 0 fully saturated rings. The van der Waals surface area contributed by atoms with Crippen LogP contribution in [0, 0.1) is 5.82 Å². The summed E-state index contributed by atoms with van der Waals surface area (Å²) in [5.41, 5.74) is 6.14. The summed E-state index contributed by atoms with van der Waals surface area (Å²) in [6.07, 6.45) is 0. The maximum atomic E-state index is 12.8. The molecule has 2 unspecified atom stereocenters. The zero-order chi connectivity index (χ0) is 10.6. The van der Waals surface area contributed by atoms with Gasteiger partial charge in [-0.05, 0) is 24.6 Å². The van der Waals surface area contributed by atoms with Crippen molar-refractivity contribution in [1.29, 1.82) is 0 Å². The Morgan fingerprint density at radius 2 is 2.29 bits per heavy atom. The third-order valence-electron chi connectivity index (χ3n) is 1.98. The molecule has 2 N–H and O–H groups in total. The maximum Gasteiger partial charge on any atom is 0.123 e. The van der Waals surface area contributed by atoms with Crippen LogP contribution in [0.25, 0.3) is 0 Å². The molecule has 0 heterocycles. The first-order chi connectivity index (χ1) is 6.63. The first kappa shape index (κ1) is 11.3. The van der Waals surface area contributed by atoms with Crippen molar-refractivity contribution in [3.8, 4) is 0 Å². The maximum absolute atomic E-state index is 12.8. The minimum Gasteiger partial charge on any atom is -0.329 e. The molecule has 0 radical (unpaired) electrons. The van der Waals surface area contributed by atoms with E-state index in [0.29, 0.717) is 12.3 Å². The molecular formula is C10H14FNOS. The zero-order valence-electron chi connectivity index (χ0n) is 8.07. The highest BCUT2D eigenvalue weighted by atomic mass is 32.2. The highest BCUT2D eigenvalue weighted by molar-refractivity contribution is 7.84. The number of hydrogen-bond donors (Lipinski definition) is 1. The first-order valence-corrected chi connectivity index (χ1v) is 5.83. The van der Waals surface area contributed by atoms with E-state index in [9.17, 15) is 8.60 Å². The molecule has 0 saturated heterocycles. The van der Waals surface area contributed by atoms with Crippen LogP contribution in [0.3, 0.4) is 0 Å². The summed E-state index contributed by atoms with van der Waals surface area (Å²) >= 11 is 0. The summed E-state index contributed by atoms with van der Waals surface area (Å²) in [4.78, 5) is 0. The van der Waals surface area contributed by atoms with E-state index in [-0.39, 0.29) is 11.1 Å². The Hall–Kier alpha value is -0.740. The fraction of sp³-hybridized carbons (Fsp3) is 0.400. The first-order valence-electron chi connectivity index (χ1n) is 4.45. The van der Waals surface area contributed by atoms with E-state index in [4.69, 9.17) is 5.73 Å². The average molecular weight is 215 g/mol. The Bertz CT molecular complexity index is 330. The second-order valence-corrected chi connectivity index (χ2v) is 5.06. The molecule has 0 aliphatic rings. The normalized spacial score (nSPS) is 15.1. The van der Waals surface area contributed by atoms with Gasteiger partial charge in [0.25, 0.3) is 0 Å². The van der Waals surface area contributed by atoms with Gasteiger partial charge >= 0.3 is 0 Å². The summed E-state index contributed by atoms with van der Waals surface area (Å²) < 4.78 is 24.3. The van der Waals surface area contributed by atoms with E-state index in [0.717, 1.165) is 5.56 Å². The highest BCUT2D eigenvalue weighted by Gasteiger charge is 2.09. The van der Waals surface area contributed by atoms with Gasteiger partial charge in [0.05, 0.1) is 0 Å². The zero-order valence-corrected chi connectivity index (χ0v) is 8.89. The molecule has 2 nitrogen and oxygen atoms in total. The lowest BCUT2D eigenvalue weighted by molar-refractivity contribution is 0.626. The van der Waals surface area contributed by atoms with Crippen LogP contribution in [-0.4, -0.2) is 16.0 Å². The molecular weight excluding hydrogens is 201 g/mol. The molecule has 0 aliphatic carbocycles. The molecule has 1 rings (SSSR count). The van der Waals surface area contributed by atoms with Crippen LogP contribution >= 0.6 is 0 Å². The van der Waals surface area contributed by atoms with Crippen LogP contribution in [-0.2, 0) is 16.6 Å². The van der Waals surface area contributed by atoms with Gasteiger partial charge in [-0.25, -0.2) is 4.39 Å². The van der Waals surface area contributed by atoms with Crippen LogP contribution in [0.15, 0.2) is 24.3 Å². The molecule has 1 aromatic carbocycles. The fourth-order valence-corrected chi connectivity index (χ4v) is 2.05. The lowest BCUT2D eigenvalue weighted by Gasteiger charge is -2.08. The molecule has 4 heteroatoms. The van der Waals surface area contributed by atoms with Crippen molar-refractivity contribution in [2.75, 3.05) is 6.54 Å². The minimum atomic E-state index is -1.02. The average Bonchev–Trinajstić information content (AvgIpc) is 2.16. The number of rotatable bonds is 4. The molecule has 0 saturated carbocycles. The van der Waals surface area contributed by atoms with E-state index in [2.05, 4.69) is 0 Å². The Morgan fingerprint density at radius 3 is 2.86 bits per heavy atom. The van der Waals surface area contributed by atoms with Crippen LogP contribution in [0.1, 0.15) is 12.5 Å². The van der Waals surface area contributed by atoms with Gasteiger partial charge in [-0.3, -0.25) is 4.21 Å². The summed E-state index contributed by atoms with van der Waals surface area (Å²) in [6.45, 7) is 2.22. The Labute approximate surface area is 85.8 Å². The monoisotopic (exact) mass is 215 g/mol. The lowest BCUT2D eigenvalue weighted by atomic mass is 10.2. The van der Waals surface area contributed by atoms with Crippen molar-refractivity contribution >= 4 is 10.8 Å². The van der Waals surface area contributed by atoms with Crippen molar-refractivity contribution in [2.45, 2.75) is 17.9 Å². The summed E-state index contributed by atoms with van der Waals surface area (Å²) in [6, 6.07) is 6.17. The second-order valence-electron chi connectivity index (χ2n) is 3.20. The number of halogens is 1. The van der Waals surface area contributed by atoms with Crippen molar-refractivity contribution in [3.05, 3.63) is 35.6 Å². The van der Waals surface area contributed by atoms with Crippen LogP contribution in [0.2, 0.25) is 0 Å². The quantitative estimate of drug-likeness (QED) is 0.825. The summed E-state index contributed by atoms with van der Waals surface area (Å²) in [7, 11) is -1.02. The van der Waals surface area contributed by atoms with Gasteiger partial charge in [0.1, 0.15) is 5.82 Å². The Kier molecular flexibility index (Phi) is 4.22. The highest BCUT2D eigenvalue weighted by Crippen LogP contribution is 2.08. The topological polar surface area (TPSA) is 43.1 Å². The van der Waals surface area contributed by atoms with Gasteiger partial charge in [0.2, 0.25) is 0 Å². The van der Waals surface area contributed by atoms with E-state index < -0.39 is 10.8 Å². The lowest BCUT2D eigenvalue weighted by Crippen LogP contribution is -2.22. The molecule has 0 aromatic heterocycles. The number of nitrogens with two attached hydrogens (primary N) is 1. The predicted molar refractivity (Wildman–Crippen MR) is 56.8 cm³/mol. The Morgan fingerprint density at radius 1 is 1.57 bits per heavy atom. The third kappa shape index (κ3) is 3.20. The number of hydrogen-bond acceptors (Lipinski definition) is 2. The van der Waals surface area contributed by atoms with Gasteiger partial charge in [0, 0.05) is 28.3 Å². The largest absolute Gasteiger partial charge is 0.329 e. The fourth-order valence-electron chi connectivity index (χ4n) is 1.04. The Balaban J connectivity index is 2.65. The smallest absolute Gasteiger partial charge is 0.123 e. The SMILES string of the molecule is CC(CN)S(=O)Cc1cccc(F)c1. The molecule has 0 amide bonds. The van der Waals surface area contributed by atoms with Gasteiger partial charge in [0.15, 0.2) is 0 Å². The van der Waals surface area contributed by atoms with E-state index in [1.165, 1.54) is 12.1 Å². The molecule has 14 heavy (non-hydrogen) atoms. The molecule has 2 atom stereocenters. The second kappa shape index (κ2) is 5.22. The molecule has 0 spiro atoms. The van der Waals surface area contributed by atoms with Gasteiger partial charge in [-0.2, -0.15) is 0 Å². The standard InChI is InChI=1S/C10H14FNOS/c1-8(6-12)14(13)7-9-3-2-4-10(11)5-9/h2-5,8H,6-7,12H2,1H3. The van der Waals surface area contributed by atoms with Crippen LogP contribution in [0.5, 0.6) is 0 Å². The van der Waals surface area contributed by atoms with Crippen LogP contribution in [0.4, 0.5) is 4.39 Å². The third-order valence-corrected chi connectivity index (χ3v) is 3.69. The molecule has 0 aliphatic heterocycles. The summed E-state index contributed by atoms with van der Waals surface area (Å²) in [5, 5.41) is -0.0433. The summed E-state index contributed by atoms with van der Waals surface area (Å²) in [5.74, 6) is 0.0794. The molecule has 1 aromatic rings. The predicted octanol–water partition coefficient (Wildman–Crippen LogP) is 1.42. The van der Waals surface area contributed by atoms with Crippen molar-refractivity contribution in [1.82, 2.24) is 0 Å². The van der Waals surface area contributed by atoms with E-state index in [1.54, 1.807) is 12.1 Å². The molecule has 78 valence electrons. The van der Waals surface area contributed by atoms with Crippen molar-refractivity contribution < 1.29 is 8.60 Å². The van der Waals surface area contributed by atoms with E-state index in [1.807, 2.05) is 6.92 Å². The van der Waals surface area contributed by atoms with Crippen molar-refractivity contribution in [3.63, 3.8) is 0 Å². The van der Waals surface area contributed by atoms with Gasteiger partial charge in [-0.15, -0.1) is 0 Å². The van der Waals surface area contributed by atoms with Crippen molar-refractivity contribution in [2.24, 2.45) is 5.73 Å². The van der Waals surface area contributed by atoms with Gasteiger partial charge < -0.3 is 5.73 Å². The minimum absolute atomic E-state index is 0.0433. The number of benzene rings is 1. The van der Waals surface area contributed by atoms with Crippen LogP contribution < -0.4 is 5.73 Å².